The number of rotatable bonds is 3. The highest BCUT2D eigenvalue weighted by molar-refractivity contribution is 6.31. The molecule has 1 heterocycles. The van der Waals surface area contributed by atoms with Crippen LogP contribution in [0.5, 0.6) is 0 Å². The first-order chi connectivity index (χ1) is 9.24. The Morgan fingerprint density at radius 3 is 2.74 bits per heavy atom. The van der Waals surface area contributed by atoms with Crippen molar-refractivity contribution in [3.63, 3.8) is 0 Å². The standard InChI is InChI=1S/C15H13ClN2O/c16-11-6-7-13-12(8-11)14(15(19)18-13)17-9-10-4-2-1-3-5-10/h1-8,14,17H,9H2,(H,18,19). The summed E-state index contributed by atoms with van der Waals surface area (Å²) < 4.78 is 0. The van der Waals surface area contributed by atoms with Crippen LogP contribution < -0.4 is 10.6 Å². The molecular formula is C15H13ClN2O. The van der Waals surface area contributed by atoms with E-state index in [9.17, 15) is 4.79 Å². The first kappa shape index (κ1) is 12.2. The van der Waals surface area contributed by atoms with Gasteiger partial charge in [0.25, 0.3) is 0 Å². The maximum absolute atomic E-state index is 11.9. The molecule has 0 aromatic heterocycles. The van der Waals surface area contributed by atoms with Crippen molar-refractivity contribution in [3.05, 3.63) is 64.7 Å². The second-order valence-electron chi connectivity index (χ2n) is 4.52. The molecule has 1 atom stereocenters. The quantitative estimate of drug-likeness (QED) is 0.901. The van der Waals surface area contributed by atoms with Crippen LogP contribution in [-0.4, -0.2) is 5.91 Å². The zero-order valence-corrected chi connectivity index (χ0v) is 10.9. The smallest absolute Gasteiger partial charge is 0.246 e. The maximum atomic E-state index is 11.9. The van der Waals surface area contributed by atoms with Crippen LogP contribution >= 0.6 is 11.6 Å². The molecule has 2 N–H and O–H groups in total. The number of carbonyl (C=O) groups is 1. The van der Waals surface area contributed by atoms with Crippen LogP contribution in [0.1, 0.15) is 17.2 Å². The zero-order valence-electron chi connectivity index (χ0n) is 10.2. The second-order valence-corrected chi connectivity index (χ2v) is 4.96. The Morgan fingerprint density at radius 2 is 1.95 bits per heavy atom. The Labute approximate surface area is 116 Å². The van der Waals surface area contributed by atoms with Crippen molar-refractivity contribution >= 4 is 23.2 Å². The van der Waals surface area contributed by atoms with E-state index in [1.54, 1.807) is 6.07 Å². The van der Waals surface area contributed by atoms with Gasteiger partial charge in [0.05, 0.1) is 0 Å². The molecule has 0 fully saturated rings. The maximum Gasteiger partial charge on any atom is 0.246 e. The molecular weight excluding hydrogens is 260 g/mol. The van der Waals surface area contributed by atoms with E-state index in [0.717, 1.165) is 16.8 Å². The van der Waals surface area contributed by atoms with Gasteiger partial charge < -0.3 is 5.32 Å². The van der Waals surface area contributed by atoms with Crippen LogP contribution in [0.4, 0.5) is 5.69 Å². The van der Waals surface area contributed by atoms with E-state index >= 15 is 0 Å². The predicted octanol–water partition coefficient (Wildman–Crippen LogP) is 3.12. The Kier molecular flexibility index (Phi) is 3.23. The molecule has 0 spiro atoms. The molecule has 0 aliphatic carbocycles. The van der Waals surface area contributed by atoms with Crippen molar-refractivity contribution in [2.24, 2.45) is 0 Å². The fourth-order valence-corrected chi connectivity index (χ4v) is 2.43. The highest BCUT2D eigenvalue weighted by atomic mass is 35.5. The molecule has 1 aliphatic heterocycles. The SMILES string of the molecule is O=C1Nc2ccc(Cl)cc2C1NCc1ccccc1. The number of benzene rings is 2. The number of hydrogen-bond donors (Lipinski definition) is 2. The third-order valence-corrected chi connectivity index (χ3v) is 3.43. The lowest BCUT2D eigenvalue weighted by atomic mass is 10.1. The minimum Gasteiger partial charge on any atom is -0.324 e. The fourth-order valence-electron chi connectivity index (χ4n) is 2.25. The van der Waals surface area contributed by atoms with E-state index in [1.165, 1.54) is 0 Å². The van der Waals surface area contributed by atoms with Crippen LogP contribution in [0.2, 0.25) is 5.02 Å². The largest absolute Gasteiger partial charge is 0.324 e. The molecule has 1 unspecified atom stereocenters. The summed E-state index contributed by atoms with van der Waals surface area (Å²) >= 11 is 5.99. The molecule has 19 heavy (non-hydrogen) atoms. The topological polar surface area (TPSA) is 41.1 Å². The van der Waals surface area contributed by atoms with Gasteiger partial charge >= 0.3 is 0 Å². The van der Waals surface area contributed by atoms with Gasteiger partial charge in [0, 0.05) is 22.8 Å². The average molecular weight is 273 g/mol. The van der Waals surface area contributed by atoms with Crippen molar-refractivity contribution in [2.75, 3.05) is 5.32 Å². The normalized spacial score (nSPS) is 17.1. The Hall–Kier alpha value is -1.84. The van der Waals surface area contributed by atoms with Gasteiger partial charge in [-0.25, -0.2) is 0 Å². The van der Waals surface area contributed by atoms with Crippen molar-refractivity contribution < 1.29 is 4.79 Å². The first-order valence-electron chi connectivity index (χ1n) is 6.11. The summed E-state index contributed by atoms with van der Waals surface area (Å²) in [6, 6.07) is 15.1. The van der Waals surface area contributed by atoms with Crippen LogP contribution in [0.3, 0.4) is 0 Å². The Morgan fingerprint density at radius 1 is 1.16 bits per heavy atom. The number of halogens is 1. The number of fused-ring (bicyclic) bond motifs is 1. The number of nitrogens with one attached hydrogen (secondary N) is 2. The van der Waals surface area contributed by atoms with Crippen LogP contribution in [-0.2, 0) is 11.3 Å². The van der Waals surface area contributed by atoms with Crippen LogP contribution in [0.25, 0.3) is 0 Å². The van der Waals surface area contributed by atoms with E-state index in [-0.39, 0.29) is 11.9 Å². The van der Waals surface area contributed by atoms with Gasteiger partial charge in [-0.3, -0.25) is 10.1 Å². The third kappa shape index (κ3) is 2.48. The average Bonchev–Trinajstić information content (AvgIpc) is 2.73. The molecule has 2 aromatic carbocycles. The minimum atomic E-state index is -0.339. The highest BCUT2D eigenvalue weighted by Crippen LogP contribution is 2.32. The number of carbonyl (C=O) groups excluding carboxylic acids is 1. The summed E-state index contributed by atoms with van der Waals surface area (Å²) in [7, 11) is 0. The molecule has 2 aromatic rings. The van der Waals surface area contributed by atoms with E-state index in [2.05, 4.69) is 10.6 Å². The van der Waals surface area contributed by atoms with Gasteiger partial charge in [-0.2, -0.15) is 0 Å². The van der Waals surface area contributed by atoms with Gasteiger partial charge in [0.15, 0.2) is 0 Å². The summed E-state index contributed by atoms with van der Waals surface area (Å²) in [4.78, 5) is 11.9. The molecule has 0 bridgehead atoms. The predicted molar refractivity (Wildman–Crippen MR) is 76.1 cm³/mol. The lowest BCUT2D eigenvalue weighted by Gasteiger charge is -2.11. The van der Waals surface area contributed by atoms with Gasteiger partial charge in [0.2, 0.25) is 5.91 Å². The van der Waals surface area contributed by atoms with Gasteiger partial charge in [-0.1, -0.05) is 41.9 Å². The summed E-state index contributed by atoms with van der Waals surface area (Å²) in [6.45, 7) is 0.644. The molecule has 4 heteroatoms. The Balaban J connectivity index is 1.79. The van der Waals surface area contributed by atoms with Crippen LogP contribution in [0.15, 0.2) is 48.5 Å². The molecule has 1 aliphatic rings. The zero-order chi connectivity index (χ0) is 13.2. The lowest BCUT2D eigenvalue weighted by Crippen LogP contribution is -2.27. The Bertz CT molecular complexity index is 613. The first-order valence-corrected chi connectivity index (χ1v) is 6.49. The summed E-state index contributed by atoms with van der Waals surface area (Å²) in [5.41, 5.74) is 2.89. The summed E-state index contributed by atoms with van der Waals surface area (Å²) in [5.74, 6) is -0.0341. The highest BCUT2D eigenvalue weighted by Gasteiger charge is 2.29. The van der Waals surface area contributed by atoms with Gasteiger partial charge in [-0.05, 0) is 23.8 Å². The third-order valence-electron chi connectivity index (χ3n) is 3.20. The molecule has 3 nitrogen and oxygen atoms in total. The number of amides is 1. The van der Waals surface area contributed by atoms with Gasteiger partial charge in [0.1, 0.15) is 6.04 Å². The van der Waals surface area contributed by atoms with Crippen molar-refractivity contribution in [1.82, 2.24) is 5.32 Å². The number of anilines is 1. The molecule has 3 rings (SSSR count). The summed E-state index contributed by atoms with van der Waals surface area (Å²) in [6.07, 6.45) is 0. The van der Waals surface area contributed by atoms with E-state index in [0.29, 0.717) is 11.6 Å². The van der Waals surface area contributed by atoms with Crippen molar-refractivity contribution in [2.45, 2.75) is 12.6 Å². The monoisotopic (exact) mass is 272 g/mol. The van der Waals surface area contributed by atoms with E-state index in [4.69, 9.17) is 11.6 Å². The molecule has 0 radical (unpaired) electrons. The molecule has 1 amide bonds. The van der Waals surface area contributed by atoms with Crippen molar-refractivity contribution in [3.8, 4) is 0 Å². The fraction of sp³-hybridized carbons (Fsp3) is 0.133. The number of hydrogen-bond acceptors (Lipinski definition) is 2. The van der Waals surface area contributed by atoms with E-state index < -0.39 is 0 Å². The molecule has 0 saturated heterocycles. The summed E-state index contributed by atoms with van der Waals surface area (Å²) in [5, 5.41) is 6.75. The second kappa shape index (κ2) is 5.03. The van der Waals surface area contributed by atoms with E-state index in [1.807, 2.05) is 42.5 Å². The lowest BCUT2D eigenvalue weighted by molar-refractivity contribution is -0.117. The minimum absolute atomic E-state index is 0.0341. The molecule has 96 valence electrons. The molecule has 0 saturated carbocycles. The van der Waals surface area contributed by atoms with Crippen molar-refractivity contribution in [1.29, 1.82) is 0 Å². The van der Waals surface area contributed by atoms with Gasteiger partial charge in [-0.15, -0.1) is 0 Å². The van der Waals surface area contributed by atoms with Crippen LogP contribution in [0, 0.1) is 0 Å².